The molecule has 0 radical (unpaired) electrons. The Kier molecular flexibility index (Phi) is 3.76. The van der Waals surface area contributed by atoms with Crippen LogP contribution in [0.3, 0.4) is 0 Å². The van der Waals surface area contributed by atoms with Crippen molar-refractivity contribution >= 4 is 17.6 Å². The van der Waals surface area contributed by atoms with Gasteiger partial charge in [0.2, 0.25) is 0 Å². The third kappa shape index (κ3) is 2.71. The second-order valence-electron chi connectivity index (χ2n) is 4.33. The number of hydrogen-bond donors (Lipinski definition) is 2. The minimum Gasteiger partial charge on any atom is -0.507 e. The summed E-state index contributed by atoms with van der Waals surface area (Å²) in [5.41, 5.74) is 1.32. The number of aromatic hydroxyl groups is 1. The number of benzene rings is 2. The molecule has 2 aromatic rings. The van der Waals surface area contributed by atoms with Gasteiger partial charge in [0.05, 0.1) is 0 Å². The highest BCUT2D eigenvalue weighted by Crippen LogP contribution is 2.35. The van der Waals surface area contributed by atoms with Gasteiger partial charge in [-0.25, -0.2) is 4.79 Å². The van der Waals surface area contributed by atoms with Gasteiger partial charge in [-0.1, -0.05) is 48.9 Å². The molecule has 0 spiro atoms. The summed E-state index contributed by atoms with van der Waals surface area (Å²) in [5, 5.41) is 19.4. The van der Waals surface area contributed by atoms with Crippen molar-refractivity contribution in [2.45, 2.75) is 12.8 Å². The van der Waals surface area contributed by atoms with Crippen LogP contribution < -0.4 is 0 Å². The first-order chi connectivity index (χ1) is 9.00. The smallest absolute Gasteiger partial charge is 0.339 e. The van der Waals surface area contributed by atoms with Crippen LogP contribution in [0.25, 0.3) is 0 Å². The third-order valence-corrected chi connectivity index (χ3v) is 3.32. The lowest BCUT2D eigenvalue weighted by molar-refractivity contribution is 0.0693. The van der Waals surface area contributed by atoms with Crippen molar-refractivity contribution in [1.29, 1.82) is 0 Å². The van der Waals surface area contributed by atoms with Crippen molar-refractivity contribution in [3.63, 3.8) is 0 Å². The van der Waals surface area contributed by atoms with E-state index < -0.39 is 5.97 Å². The molecule has 0 fully saturated rings. The second kappa shape index (κ2) is 5.33. The number of hydrogen-bond acceptors (Lipinski definition) is 2. The van der Waals surface area contributed by atoms with Crippen molar-refractivity contribution in [3.8, 4) is 5.75 Å². The van der Waals surface area contributed by atoms with E-state index in [1.165, 1.54) is 6.07 Å². The maximum Gasteiger partial charge on any atom is 0.339 e. The Balaban J connectivity index is 2.54. The highest BCUT2D eigenvalue weighted by Gasteiger charge is 2.19. The number of carboxylic acids is 1. The first-order valence-electron chi connectivity index (χ1n) is 5.81. The summed E-state index contributed by atoms with van der Waals surface area (Å²) in [5.74, 6) is -1.56. The number of carbonyl (C=O) groups is 1. The Hall–Kier alpha value is -2.00. The van der Waals surface area contributed by atoms with E-state index in [4.69, 9.17) is 16.7 Å². The zero-order chi connectivity index (χ0) is 14.0. The number of carboxylic acid groups (broad SMARTS) is 1. The van der Waals surface area contributed by atoms with Crippen LogP contribution in [-0.2, 0) is 0 Å². The van der Waals surface area contributed by atoms with Crippen LogP contribution in [0.15, 0.2) is 42.5 Å². The zero-order valence-electron chi connectivity index (χ0n) is 10.3. The molecule has 2 N–H and O–H groups in total. The molecule has 0 aliphatic carbocycles. The molecule has 0 amide bonds. The fraction of sp³-hybridized carbons (Fsp3) is 0.133. The van der Waals surface area contributed by atoms with Crippen LogP contribution in [0.4, 0.5) is 0 Å². The van der Waals surface area contributed by atoms with Crippen molar-refractivity contribution in [2.75, 3.05) is 0 Å². The molecule has 0 bridgehead atoms. The van der Waals surface area contributed by atoms with Crippen LogP contribution in [0.1, 0.15) is 34.3 Å². The molecule has 0 saturated carbocycles. The van der Waals surface area contributed by atoms with Crippen LogP contribution in [0.2, 0.25) is 5.02 Å². The molecule has 4 heteroatoms. The fourth-order valence-electron chi connectivity index (χ4n) is 2.03. The molecule has 3 nitrogen and oxygen atoms in total. The topological polar surface area (TPSA) is 57.5 Å². The van der Waals surface area contributed by atoms with Gasteiger partial charge < -0.3 is 10.2 Å². The molecular formula is C15H13ClO3. The van der Waals surface area contributed by atoms with E-state index >= 15 is 0 Å². The van der Waals surface area contributed by atoms with E-state index in [-0.39, 0.29) is 17.2 Å². The number of halogens is 1. The van der Waals surface area contributed by atoms with E-state index in [0.717, 1.165) is 5.56 Å². The van der Waals surface area contributed by atoms with E-state index in [1.807, 2.05) is 37.3 Å². The third-order valence-electron chi connectivity index (χ3n) is 3.10. The lowest BCUT2D eigenvalue weighted by atomic mass is 9.91. The van der Waals surface area contributed by atoms with Gasteiger partial charge in [0, 0.05) is 16.5 Å². The number of rotatable bonds is 3. The van der Waals surface area contributed by atoms with Crippen LogP contribution >= 0.6 is 11.6 Å². The summed E-state index contributed by atoms with van der Waals surface area (Å²) in [6.07, 6.45) is 0. The Bertz CT molecular complexity index is 608. The van der Waals surface area contributed by atoms with Gasteiger partial charge in [-0.3, -0.25) is 0 Å². The van der Waals surface area contributed by atoms with Crippen molar-refractivity contribution < 1.29 is 15.0 Å². The second-order valence-corrected chi connectivity index (χ2v) is 4.77. The first-order valence-corrected chi connectivity index (χ1v) is 6.19. The molecule has 2 aromatic carbocycles. The lowest BCUT2D eigenvalue weighted by Gasteiger charge is -2.16. The maximum atomic E-state index is 11.1. The summed E-state index contributed by atoms with van der Waals surface area (Å²) < 4.78 is 0. The fourth-order valence-corrected chi connectivity index (χ4v) is 2.26. The van der Waals surface area contributed by atoms with Crippen molar-refractivity contribution in [1.82, 2.24) is 0 Å². The summed E-state index contributed by atoms with van der Waals surface area (Å²) in [6, 6.07) is 12.4. The van der Waals surface area contributed by atoms with E-state index in [1.54, 1.807) is 6.07 Å². The highest BCUT2D eigenvalue weighted by molar-refractivity contribution is 6.31. The predicted octanol–water partition coefficient (Wildman–Crippen LogP) is 3.90. The average molecular weight is 277 g/mol. The molecular weight excluding hydrogens is 264 g/mol. The standard InChI is InChI=1S/C15H13ClO3/c1-9(10-5-3-2-4-6-10)12-7-11(16)8-13(14(12)17)15(18)19/h2-9,17H,1H3,(H,18,19). The van der Waals surface area contributed by atoms with Crippen molar-refractivity contribution in [2.24, 2.45) is 0 Å². The lowest BCUT2D eigenvalue weighted by Crippen LogP contribution is -2.03. The Morgan fingerprint density at radius 3 is 2.42 bits per heavy atom. The normalized spacial score (nSPS) is 12.1. The molecule has 1 atom stereocenters. The van der Waals surface area contributed by atoms with Gasteiger partial charge in [0.25, 0.3) is 0 Å². The van der Waals surface area contributed by atoms with E-state index in [9.17, 15) is 9.90 Å². The van der Waals surface area contributed by atoms with Gasteiger partial charge in [-0.2, -0.15) is 0 Å². The average Bonchev–Trinajstić information content (AvgIpc) is 2.41. The summed E-state index contributed by atoms with van der Waals surface area (Å²) >= 11 is 5.92. The molecule has 0 aliphatic heterocycles. The number of phenols is 1. The minimum atomic E-state index is -1.19. The van der Waals surface area contributed by atoms with Gasteiger partial charge in [0.15, 0.2) is 0 Å². The van der Waals surface area contributed by atoms with Gasteiger partial charge >= 0.3 is 5.97 Å². The maximum absolute atomic E-state index is 11.1. The highest BCUT2D eigenvalue weighted by atomic mass is 35.5. The predicted molar refractivity (Wildman–Crippen MR) is 74.0 cm³/mol. The molecule has 19 heavy (non-hydrogen) atoms. The Morgan fingerprint density at radius 2 is 1.84 bits per heavy atom. The van der Waals surface area contributed by atoms with Gasteiger partial charge in [0.1, 0.15) is 11.3 Å². The van der Waals surface area contributed by atoms with E-state index in [2.05, 4.69) is 0 Å². The molecule has 0 heterocycles. The Labute approximate surface area is 116 Å². The molecule has 2 rings (SSSR count). The summed E-state index contributed by atoms with van der Waals surface area (Å²) in [6.45, 7) is 1.90. The van der Waals surface area contributed by atoms with E-state index in [0.29, 0.717) is 10.6 Å². The molecule has 0 aromatic heterocycles. The molecule has 1 unspecified atom stereocenters. The summed E-state index contributed by atoms with van der Waals surface area (Å²) in [7, 11) is 0. The number of aromatic carboxylic acids is 1. The quantitative estimate of drug-likeness (QED) is 0.894. The Morgan fingerprint density at radius 1 is 1.21 bits per heavy atom. The minimum absolute atomic E-state index is 0.141. The van der Waals surface area contributed by atoms with Crippen LogP contribution in [0.5, 0.6) is 5.75 Å². The first kappa shape index (κ1) is 13.4. The van der Waals surface area contributed by atoms with Crippen LogP contribution in [-0.4, -0.2) is 16.2 Å². The monoisotopic (exact) mass is 276 g/mol. The zero-order valence-corrected chi connectivity index (χ0v) is 11.1. The van der Waals surface area contributed by atoms with Gasteiger partial charge in [-0.15, -0.1) is 0 Å². The van der Waals surface area contributed by atoms with Crippen molar-refractivity contribution in [3.05, 3.63) is 64.2 Å². The SMILES string of the molecule is CC(c1ccccc1)c1cc(Cl)cc(C(=O)O)c1O. The largest absolute Gasteiger partial charge is 0.507 e. The summed E-state index contributed by atoms with van der Waals surface area (Å²) in [4.78, 5) is 11.1. The molecule has 0 aliphatic rings. The van der Waals surface area contributed by atoms with Crippen LogP contribution in [0, 0.1) is 0 Å². The molecule has 0 saturated heterocycles. The van der Waals surface area contributed by atoms with Gasteiger partial charge in [-0.05, 0) is 17.7 Å². The molecule has 98 valence electrons.